The standard InChI is InChI=1S/2C19H15N3O2/c2*23-22(24)19-13-11-16(12-14-19)15-20-21(17-7-3-1-4-8-17)18-9-5-2-6-10-18/h2*1-15H/b2*20-15+. The van der Waals surface area contributed by atoms with Crippen molar-refractivity contribution in [1.82, 2.24) is 0 Å². The molecule has 0 saturated heterocycles. The molecule has 0 aliphatic rings. The first kappa shape index (κ1) is 32.5. The molecule has 10 heteroatoms. The van der Waals surface area contributed by atoms with Gasteiger partial charge in [0.15, 0.2) is 0 Å². The van der Waals surface area contributed by atoms with Gasteiger partial charge in [-0.2, -0.15) is 10.2 Å². The number of nitro groups is 2. The molecule has 0 unspecified atom stereocenters. The Labute approximate surface area is 277 Å². The van der Waals surface area contributed by atoms with Gasteiger partial charge in [0, 0.05) is 24.3 Å². The van der Waals surface area contributed by atoms with Crippen LogP contribution in [0, 0.1) is 20.2 Å². The second kappa shape index (κ2) is 16.4. The topological polar surface area (TPSA) is 117 Å². The molecule has 6 rings (SSSR count). The predicted molar refractivity (Wildman–Crippen MR) is 191 cm³/mol. The summed E-state index contributed by atoms with van der Waals surface area (Å²) in [5.74, 6) is 0. The Morgan fingerprint density at radius 1 is 0.396 bits per heavy atom. The molecule has 10 nitrogen and oxygen atoms in total. The molecule has 0 aromatic heterocycles. The molecule has 0 radical (unpaired) electrons. The van der Waals surface area contributed by atoms with Crippen molar-refractivity contribution in [1.29, 1.82) is 0 Å². The lowest BCUT2D eigenvalue weighted by atomic mass is 10.2. The molecule has 0 atom stereocenters. The van der Waals surface area contributed by atoms with E-state index in [-0.39, 0.29) is 11.4 Å². The van der Waals surface area contributed by atoms with E-state index in [4.69, 9.17) is 0 Å². The summed E-state index contributed by atoms with van der Waals surface area (Å²) in [7, 11) is 0. The number of para-hydroxylation sites is 4. The average Bonchev–Trinajstić information content (AvgIpc) is 3.14. The Balaban J connectivity index is 0.000000188. The predicted octanol–water partition coefficient (Wildman–Crippen LogP) is 9.53. The summed E-state index contributed by atoms with van der Waals surface area (Å²) in [6.07, 6.45) is 3.37. The van der Waals surface area contributed by atoms with Crippen molar-refractivity contribution < 1.29 is 9.85 Å². The van der Waals surface area contributed by atoms with E-state index in [0.29, 0.717) is 0 Å². The van der Waals surface area contributed by atoms with Gasteiger partial charge in [-0.25, -0.2) is 10.0 Å². The number of hydrogen-bond donors (Lipinski definition) is 0. The number of nitro benzene ring substituents is 2. The van der Waals surface area contributed by atoms with Gasteiger partial charge < -0.3 is 0 Å². The van der Waals surface area contributed by atoms with Crippen LogP contribution in [0.3, 0.4) is 0 Å². The fourth-order valence-corrected chi connectivity index (χ4v) is 4.45. The van der Waals surface area contributed by atoms with E-state index in [0.717, 1.165) is 33.9 Å². The monoisotopic (exact) mass is 634 g/mol. The lowest BCUT2D eigenvalue weighted by molar-refractivity contribution is -0.385. The highest BCUT2D eigenvalue weighted by atomic mass is 16.6. The molecule has 0 N–H and O–H groups in total. The maximum atomic E-state index is 10.7. The van der Waals surface area contributed by atoms with E-state index < -0.39 is 9.85 Å². The highest BCUT2D eigenvalue weighted by molar-refractivity contribution is 5.83. The van der Waals surface area contributed by atoms with E-state index in [2.05, 4.69) is 10.2 Å². The van der Waals surface area contributed by atoms with Crippen molar-refractivity contribution >= 4 is 46.6 Å². The average molecular weight is 635 g/mol. The minimum atomic E-state index is -0.416. The summed E-state index contributed by atoms with van der Waals surface area (Å²) in [4.78, 5) is 20.6. The first-order valence-electron chi connectivity index (χ1n) is 14.9. The van der Waals surface area contributed by atoms with Gasteiger partial charge in [0.1, 0.15) is 0 Å². The minimum Gasteiger partial charge on any atom is -0.258 e. The Morgan fingerprint density at radius 2 is 0.646 bits per heavy atom. The zero-order valence-corrected chi connectivity index (χ0v) is 25.6. The van der Waals surface area contributed by atoms with Crippen molar-refractivity contribution in [3.63, 3.8) is 0 Å². The molecule has 0 fully saturated rings. The number of anilines is 4. The minimum absolute atomic E-state index is 0.0649. The van der Waals surface area contributed by atoms with Crippen LogP contribution in [-0.4, -0.2) is 22.3 Å². The molecule has 0 heterocycles. The van der Waals surface area contributed by atoms with Crippen LogP contribution in [0.5, 0.6) is 0 Å². The zero-order valence-electron chi connectivity index (χ0n) is 25.6. The fourth-order valence-electron chi connectivity index (χ4n) is 4.45. The highest BCUT2D eigenvalue weighted by Gasteiger charge is 2.09. The lowest BCUT2D eigenvalue weighted by Crippen LogP contribution is -2.09. The molecular formula is C38H30N6O4. The van der Waals surface area contributed by atoms with Crippen molar-refractivity contribution in [3.05, 3.63) is 201 Å². The summed E-state index contributed by atoms with van der Waals surface area (Å²) >= 11 is 0. The van der Waals surface area contributed by atoms with Gasteiger partial charge in [-0.05, 0) is 83.9 Å². The Kier molecular flexibility index (Phi) is 11.1. The lowest BCUT2D eigenvalue weighted by Gasteiger charge is -2.19. The molecular weight excluding hydrogens is 604 g/mol. The number of benzene rings is 6. The van der Waals surface area contributed by atoms with E-state index in [1.54, 1.807) is 36.7 Å². The Hall–Kier alpha value is -6.94. The second-order valence-electron chi connectivity index (χ2n) is 10.2. The number of hydrogen-bond acceptors (Lipinski definition) is 8. The largest absolute Gasteiger partial charge is 0.269 e. The van der Waals surface area contributed by atoms with Crippen molar-refractivity contribution in [2.24, 2.45) is 10.2 Å². The smallest absolute Gasteiger partial charge is 0.258 e. The third-order valence-corrected chi connectivity index (χ3v) is 6.86. The van der Waals surface area contributed by atoms with Gasteiger partial charge >= 0.3 is 0 Å². The SMILES string of the molecule is O=[N+]([O-])c1ccc(/C=N/N(c2ccccc2)c2ccccc2)cc1.O=[N+]([O-])c1ccc(/C=N/N(c2ccccc2)c2ccccc2)cc1. The van der Waals surface area contributed by atoms with E-state index in [1.807, 2.05) is 131 Å². The van der Waals surface area contributed by atoms with Gasteiger partial charge in [0.25, 0.3) is 11.4 Å². The van der Waals surface area contributed by atoms with Gasteiger partial charge in [-0.15, -0.1) is 0 Å². The number of nitrogens with zero attached hydrogens (tertiary/aromatic N) is 6. The summed E-state index contributed by atoms with van der Waals surface area (Å²) in [6.45, 7) is 0. The number of non-ortho nitro benzene ring substituents is 2. The van der Waals surface area contributed by atoms with Gasteiger partial charge in [-0.3, -0.25) is 20.2 Å². The molecule has 6 aromatic rings. The van der Waals surface area contributed by atoms with Crippen LogP contribution in [0.25, 0.3) is 0 Å². The first-order valence-corrected chi connectivity index (χ1v) is 14.9. The molecule has 0 bridgehead atoms. The molecule has 0 saturated carbocycles. The summed E-state index contributed by atoms with van der Waals surface area (Å²) in [5, 5.41) is 34.2. The van der Waals surface area contributed by atoms with Gasteiger partial charge in [-0.1, -0.05) is 72.8 Å². The summed E-state index contributed by atoms with van der Waals surface area (Å²) in [6, 6.07) is 51.8. The first-order chi connectivity index (χ1) is 23.5. The molecule has 0 amide bonds. The highest BCUT2D eigenvalue weighted by Crippen LogP contribution is 2.26. The molecule has 6 aromatic carbocycles. The van der Waals surface area contributed by atoms with Crippen LogP contribution in [0.1, 0.15) is 11.1 Å². The van der Waals surface area contributed by atoms with Crippen LogP contribution in [0.15, 0.2) is 180 Å². The summed E-state index contributed by atoms with van der Waals surface area (Å²) < 4.78 is 0. The molecule has 0 aliphatic heterocycles. The van der Waals surface area contributed by atoms with Crippen molar-refractivity contribution in [3.8, 4) is 0 Å². The van der Waals surface area contributed by atoms with Gasteiger partial charge in [0.05, 0.1) is 45.0 Å². The molecule has 0 spiro atoms. The van der Waals surface area contributed by atoms with Crippen molar-refractivity contribution in [2.75, 3.05) is 10.0 Å². The van der Waals surface area contributed by atoms with Crippen molar-refractivity contribution in [2.45, 2.75) is 0 Å². The quantitative estimate of drug-likeness (QED) is 0.0841. The van der Waals surface area contributed by atoms with E-state index in [1.165, 1.54) is 24.3 Å². The normalized spacial score (nSPS) is 10.7. The number of rotatable bonds is 10. The van der Waals surface area contributed by atoms with E-state index >= 15 is 0 Å². The molecule has 0 aliphatic carbocycles. The molecule has 236 valence electrons. The van der Waals surface area contributed by atoms with Crippen LogP contribution in [-0.2, 0) is 0 Å². The van der Waals surface area contributed by atoms with Crippen LogP contribution < -0.4 is 10.0 Å². The third-order valence-electron chi connectivity index (χ3n) is 6.86. The maximum Gasteiger partial charge on any atom is 0.269 e. The van der Waals surface area contributed by atoms with E-state index in [9.17, 15) is 20.2 Å². The Bertz CT molecular complexity index is 1730. The van der Waals surface area contributed by atoms with Crippen LogP contribution in [0.4, 0.5) is 34.1 Å². The van der Waals surface area contributed by atoms with Crippen LogP contribution >= 0.6 is 0 Å². The zero-order chi connectivity index (χ0) is 33.6. The molecule has 48 heavy (non-hydrogen) atoms. The third kappa shape index (κ3) is 9.05. The number of hydrazone groups is 2. The fraction of sp³-hybridized carbons (Fsp3) is 0. The summed E-state index contributed by atoms with van der Waals surface area (Å²) in [5.41, 5.74) is 5.44. The maximum absolute atomic E-state index is 10.7. The second-order valence-corrected chi connectivity index (χ2v) is 10.2. The van der Waals surface area contributed by atoms with Crippen LogP contribution in [0.2, 0.25) is 0 Å². The Morgan fingerprint density at radius 3 is 0.875 bits per heavy atom. The van der Waals surface area contributed by atoms with Gasteiger partial charge in [0.2, 0.25) is 0 Å².